The Bertz CT molecular complexity index is 1340. The van der Waals surface area contributed by atoms with Crippen molar-refractivity contribution in [2.45, 2.75) is 0 Å². The molecule has 0 saturated carbocycles. The van der Waals surface area contributed by atoms with Crippen molar-refractivity contribution in [2.75, 3.05) is 5.73 Å². The zero-order valence-corrected chi connectivity index (χ0v) is 19.0. The number of hydrogen-bond donors (Lipinski definition) is 1. The van der Waals surface area contributed by atoms with Gasteiger partial charge >= 0.3 is 0 Å². The predicted molar refractivity (Wildman–Crippen MR) is 125 cm³/mol. The van der Waals surface area contributed by atoms with E-state index in [2.05, 4.69) is 51.8 Å². The van der Waals surface area contributed by atoms with Gasteiger partial charge in [0.15, 0.2) is 17.2 Å². The van der Waals surface area contributed by atoms with Gasteiger partial charge < -0.3 is 15.2 Å². The lowest BCUT2D eigenvalue weighted by Crippen LogP contribution is -2.01. The van der Waals surface area contributed by atoms with Gasteiger partial charge in [0.05, 0.1) is 0 Å². The van der Waals surface area contributed by atoms with Gasteiger partial charge in [0.2, 0.25) is 11.8 Å². The Morgan fingerprint density at radius 3 is 1.61 bits per heavy atom. The second-order valence-electron chi connectivity index (χ2n) is 6.49. The van der Waals surface area contributed by atoms with Gasteiger partial charge in [-0.15, -0.1) is 0 Å². The molecule has 7 nitrogen and oxygen atoms in total. The van der Waals surface area contributed by atoms with E-state index in [0.29, 0.717) is 22.5 Å². The molecule has 0 bridgehead atoms. The van der Waals surface area contributed by atoms with E-state index in [0.717, 1.165) is 19.7 Å². The summed E-state index contributed by atoms with van der Waals surface area (Å²) in [6.45, 7) is 0. The Morgan fingerprint density at radius 2 is 1.13 bits per heavy atom. The van der Waals surface area contributed by atoms with E-state index in [1.165, 1.54) is 6.33 Å². The molecular weight excluding hydrogens is 526 g/mol. The minimum Gasteiger partial charge on any atom is -0.435 e. The molecule has 0 aliphatic heterocycles. The van der Waals surface area contributed by atoms with Gasteiger partial charge in [0, 0.05) is 32.1 Å². The number of nitrogens with two attached hydrogens (primary N) is 1. The first kappa shape index (κ1) is 19.7. The zero-order valence-electron chi connectivity index (χ0n) is 15.8. The molecule has 0 saturated heterocycles. The first-order valence-corrected chi connectivity index (χ1v) is 10.7. The van der Waals surface area contributed by atoms with Gasteiger partial charge in [0.1, 0.15) is 17.4 Å². The highest BCUT2D eigenvalue weighted by molar-refractivity contribution is 9.11. The maximum absolute atomic E-state index is 6.29. The summed E-state index contributed by atoms with van der Waals surface area (Å²) in [5.74, 6) is 1.39. The lowest BCUT2D eigenvalue weighted by molar-refractivity contribution is 0.442. The van der Waals surface area contributed by atoms with Gasteiger partial charge in [-0.25, -0.2) is 0 Å². The highest BCUT2D eigenvalue weighted by Gasteiger charge is 2.16. The van der Waals surface area contributed by atoms with Crippen LogP contribution in [0, 0.1) is 0 Å². The van der Waals surface area contributed by atoms with Crippen LogP contribution in [0.3, 0.4) is 0 Å². The van der Waals surface area contributed by atoms with E-state index in [9.17, 15) is 0 Å². The number of aromatic nitrogens is 4. The number of ether oxygens (including phenoxy) is 2. The van der Waals surface area contributed by atoms with Gasteiger partial charge in [-0.2, -0.15) is 9.97 Å². The Hall–Kier alpha value is -3.30. The smallest absolute Gasteiger partial charge is 0.249 e. The molecule has 9 heteroatoms. The highest BCUT2D eigenvalue weighted by Crippen LogP contribution is 2.38. The van der Waals surface area contributed by atoms with Crippen LogP contribution < -0.4 is 15.2 Å². The fraction of sp³-hybridized carbons (Fsp3) is 0. The number of nitrogen functional groups attached to an aromatic ring is 1. The van der Waals surface area contributed by atoms with Gasteiger partial charge in [-0.3, -0.25) is 9.97 Å². The average molecular weight is 539 g/mol. The lowest BCUT2D eigenvalue weighted by atomic mass is 10.2. The zero-order chi connectivity index (χ0) is 21.4. The second-order valence-corrected chi connectivity index (χ2v) is 8.20. The fourth-order valence-corrected chi connectivity index (χ4v) is 4.03. The van der Waals surface area contributed by atoms with Crippen molar-refractivity contribution in [3.8, 4) is 23.3 Å². The first-order valence-electron chi connectivity index (χ1n) is 9.14. The van der Waals surface area contributed by atoms with Crippen molar-refractivity contribution in [1.29, 1.82) is 0 Å². The fourth-order valence-electron chi connectivity index (χ4n) is 3.12. The molecule has 0 unspecified atom stereocenters. The molecule has 0 spiro atoms. The van der Waals surface area contributed by atoms with Crippen LogP contribution in [-0.4, -0.2) is 19.9 Å². The third-order valence-corrected chi connectivity index (χ3v) is 5.97. The monoisotopic (exact) mass is 537 g/mol. The van der Waals surface area contributed by atoms with Crippen LogP contribution in [0.15, 0.2) is 76.2 Å². The Morgan fingerprint density at radius 1 is 0.645 bits per heavy atom. The lowest BCUT2D eigenvalue weighted by Gasteiger charge is -2.13. The number of anilines is 1. The molecule has 0 fully saturated rings. The number of nitrogens with zero attached hydrogens (tertiary/aromatic N) is 4. The first-order chi connectivity index (χ1) is 15.1. The van der Waals surface area contributed by atoms with E-state index in [4.69, 9.17) is 15.2 Å². The van der Waals surface area contributed by atoms with Crippen molar-refractivity contribution in [3.63, 3.8) is 0 Å². The SMILES string of the molecule is Nc1c(Oc2ccc(Br)c3cccnc23)ncnc1Oc1ccc(Br)c2cccnc12. The predicted octanol–water partition coefficient (Wildman–Crippen LogP) is 6.26. The van der Waals surface area contributed by atoms with Crippen molar-refractivity contribution in [2.24, 2.45) is 0 Å². The number of fused-ring (bicyclic) bond motifs is 2. The number of benzene rings is 2. The molecule has 0 radical (unpaired) electrons. The van der Waals surface area contributed by atoms with Crippen LogP contribution in [0.1, 0.15) is 0 Å². The van der Waals surface area contributed by atoms with Crippen molar-refractivity contribution < 1.29 is 9.47 Å². The maximum Gasteiger partial charge on any atom is 0.249 e. The van der Waals surface area contributed by atoms with Crippen molar-refractivity contribution >= 4 is 59.4 Å². The maximum atomic E-state index is 6.29. The van der Waals surface area contributed by atoms with E-state index in [1.807, 2.05) is 36.4 Å². The van der Waals surface area contributed by atoms with E-state index in [1.54, 1.807) is 24.5 Å². The van der Waals surface area contributed by atoms with Crippen molar-refractivity contribution in [3.05, 3.63) is 76.2 Å². The minimum atomic E-state index is 0.168. The Kier molecular flexibility index (Phi) is 5.13. The standard InChI is InChI=1S/C22H13Br2N5O2/c23-14-5-7-16(19-12(14)3-1-9-26-19)30-21-18(25)22(29-11-28-21)31-17-8-6-15(24)13-4-2-10-27-20(13)17/h1-11H,25H2. The van der Waals surface area contributed by atoms with E-state index >= 15 is 0 Å². The molecule has 152 valence electrons. The number of hydrogen-bond acceptors (Lipinski definition) is 7. The van der Waals surface area contributed by atoms with Crippen LogP contribution in [0.2, 0.25) is 0 Å². The molecule has 31 heavy (non-hydrogen) atoms. The largest absolute Gasteiger partial charge is 0.435 e. The summed E-state index contributed by atoms with van der Waals surface area (Å²) < 4.78 is 13.8. The summed E-state index contributed by atoms with van der Waals surface area (Å²) in [6.07, 6.45) is 4.74. The molecule has 0 aliphatic rings. The van der Waals surface area contributed by atoms with Crippen LogP contribution in [0.4, 0.5) is 5.69 Å². The number of pyridine rings is 2. The molecule has 5 rings (SSSR count). The quantitative estimate of drug-likeness (QED) is 0.288. The molecule has 5 aromatic rings. The normalized spacial score (nSPS) is 11.0. The summed E-state index contributed by atoms with van der Waals surface area (Å²) in [5, 5.41) is 1.83. The molecule has 3 aromatic heterocycles. The van der Waals surface area contributed by atoms with Crippen molar-refractivity contribution in [1.82, 2.24) is 19.9 Å². The summed E-state index contributed by atoms with van der Waals surface area (Å²) >= 11 is 7.06. The number of halogens is 2. The topological polar surface area (TPSA) is 96.0 Å². The van der Waals surface area contributed by atoms with Gasteiger partial charge in [-0.1, -0.05) is 44.0 Å². The van der Waals surface area contributed by atoms with E-state index in [-0.39, 0.29) is 17.4 Å². The summed E-state index contributed by atoms with van der Waals surface area (Å²) in [5.41, 5.74) is 7.82. The van der Waals surface area contributed by atoms with Crippen LogP contribution in [-0.2, 0) is 0 Å². The molecule has 0 amide bonds. The third-order valence-electron chi connectivity index (χ3n) is 4.58. The summed E-state index contributed by atoms with van der Waals surface area (Å²) in [4.78, 5) is 17.2. The summed E-state index contributed by atoms with van der Waals surface area (Å²) in [6, 6.07) is 15.0. The van der Waals surface area contributed by atoms with Crippen LogP contribution in [0.25, 0.3) is 21.8 Å². The third kappa shape index (κ3) is 3.66. The molecular formula is C22H13Br2N5O2. The average Bonchev–Trinajstić information content (AvgIpc) is 2.80. The Balaban J connectivity index is 1.53. The number of rotatable bonds is 4. The van der Waals surface area contributed by atoms with Gasteiger partial charge in [0.25, 0.3) is 0 Å². The van der Waals surface area contributed by atoms with Gasteiger partial charge in [-0.05, 0) is 36.4 Å². The molecule has 0 atom stereocenters. The van der Waals surface area contributed by atoms with Crippen LogP contribution >= 0.6 is 31.9 Å². The molecule has 2 N–H and O–H groups in total. The van der Waals surface area contributed by atoms with Crippen LogP contribution in [0.5, 0.6) is 23.3 Å². The Labute approximate surface area is 193 Å². The molecule has 0 aliphatic carbocycles. The molecule has 2 aromatic carbocycles. The minimum absolute atomic E-state index is 0.168. The summed E-state index contributed by atoms with van der Waals surface area (Å²) in [7, 11) is 0. The second kappa shape index (κ2) is 8.09. The molecule has 3 heterocycles. The van der Waals surface area contributed by atoms with E-state index < -0.39 is 0 Å². The highest BCUT2D eigenvalue weighted by atomic mass is 79.9.